The number of benzene rings is 1. The summed E-state index contributed by atoms with van der Waals surface area (Å²) in [6, 6.07) is 7.25. The first kappa shape index (κ1) is 22.9. The zero-order valence-corrected chi connectivity index (χ0v) is 19.2. The van der Waals surface area contributed by atoms with Gasteiger partial charge < -0.3 is 10.1 Å². The van der Waals surface area contributed by atoms with Gasteiger partial charge in [-0.25, -0.2) is 4.79 Å². The zero-order valence-electron chi connectivity index (χ0n) is 18.4. The van der Waals surface area contributed by atoms with Crippen LogP contribution >= 0.6 is 11.8 Å². The van der Waals surface area contributed by atoms with E-state index in [1.807, 2.05) is 6.07 Å². The van der Waals surface area contributed by atoms with Gasteiger partial charge in [-0.15, -0.1) is 11.8 Å². The fraction of sp³-hybridized carbons (Fsp3) is 0.625. The number of hydrogen-bond acceptors (Lipinski definition) is 5. The Kier molecular flexibility index (Phi) is 7.27. The molecule has 0 radical (unpaired) electrons. The third-order valence-electron chi connectivity index (χ3n) is 6.46. The highest BCUT2D eigenvalue weighted by atomic mass is 32.2. The van der Waals surface area contributed by atoms with E-state index in [2.05, 4.69) is 12.2 Å². The number of thioether (sulfide) groups is 1. The summed E-state index contributed by atoms with van der Waals surface area (Å²) in [7, 11) is 0. The summed E-state index contributed by atoms with van der Waals surface area (Å²) in [5.41, 5.74) is -0.166. The number of carbonyl (C=O) groups excluding carboxylic acids is 3. The van der Waals surface area contributed by atoms with Crippen molar-refractivity contribution in [2.24, 2.45) is 23.2 Å². The number of amides is 1. The van der Waals surface area contributed by atoms with E-state index in [9.17, 15) is 14.4 Å². The van der Waals surface area contributed by atoms with Crippen LogP contribution in [0, 0.1) is 23.2 Å². The van der Waals surface area contributed by atoms with Gasteiger partial charge in [0.2, 0.25) is 5.91 Å². The van der Waals surface area contributed by atoms with Crippen molar-refractivity contribution < 1.29 is 19.1 Å². The quantitative estimate of drug-likeness (QED) is 0.485. The van der Waals surface area contributed by atoms with Gasteiger partial charge in [-0.1, -0.05) is 39.3 Å². The number of ketones is 1. The highest BCUT2D eigenvalue weighted by molar-refractivity contribution is 8.00. The molecule has 0 aliphatic heterocycles. The van der Waals surface area contributed by atoms with Crippen molar-refractivity contribution >= 4 is 29.4 Å². The molecule has 0 heterocycles. The second-order valence-electron chi connectivity index (χ2n) is 9.73. The Labute approximate surface area is 183 Å². The molecule has 2 saturated carbocycles. The van der Waals surface area contributed by atoms with Crippen LogP contribution in [0.3, 0.4) is 0 Å². The molecule has 1 aromatic rings. The lowest BCUT2D eigenvalue weighted by Crippen LogP contribution is -2.40. The maximum Gasteiger partial charge on any atom is 0.339 e. The minimum Gasteiger partial charge on any atom is -0.454 e. The molecule has 5 nitrogen and oxygen atoms in total. The smallest absolute Gasteiger partial charge is 0.339 e. The average molecular weight is 432 g/mol. The molecule has 3 rings (SSSR count). The minimum atomic E-state index is -0.553. The number of Topliss-reactive ketones (excluding diaryl/α,β-unsaturated/α-hetero) is 1. The van der Waals surface area contributed by atoms with Gasteiger partial charge in [0.15, 0.2) is 12.4 Å². The summed E-state index contributed by atoms with van der Waals surface area (Å²) < 4.78 is 5.22. The molecule has 4 atom stereocenters. The lowest BCUT2D eigenvalue weighted by atomic mass is 9.84. The van der Waals surface area contributed by atoms with Gasteiger partial charge in [-0.05, 0) is 56.1 Å². The molecule has 0 saturated heterocycles. The van der Waals surface area contributed by atoms with E-state index in [0.29, 0.717) is 16.4 Å². The van der Waals surface area contributed by atoms with E-state index in [1.54, 1.807) is 39.0 Å². The molecule has 0 aromatic heterocycles. The van der Waals surface area contributed by atoms with Crippen molar-refractivity contribution in [1.82, 2.24) is 5.32 Å². The number of fused-ring (bicyclic) bond motifs is 2. The van der Waals surface area contributed by atoms with Crippen LogP contribution in [0.25, 0.3) is 0 Å². The van der Waals surface area contributed by atoms with Gasteiger partial charge in [0.05, 0.1) is 11.3 Å². The highest BCUT2D eigenvalue weighted by Gasteiger charge is 2.42. The van der Waals surface area contributed by atoms with Crippen LogP contribution in [0.1, 0.15) is 63.7 Å². The number of esters is 1. The third kappa shape index (κ3) is 5.65. The van der Waals surface area contributed by atoms with Crippen molar-refractivity contribution in [2.75, 3.05) is 12.4 Å². The largest absolute Gasteiger partial charge is 0.454 e. The molecule has 6 heteroatoms. The van der Waals surface area contributed by atoms with Crippen molar-refractivity contribution in [3.05, 3.63) is 29.8 Å². The van der Waals surface area contributed by atoms with E-state index in [-0.39, 0.29) is 30.1 Å². The molecule has 1 N–H and O–H groups in total. The third-order valence-corrected chi connectivity index (χ3v) is 7.53. The molecule has 2 aliphatic carbocycles. The van der Waals surface area contributed by atoms with Gasteiger partial charge in [0.1, 0.15) is 0 Å². The Balaban J connectivity index is 1.51. The normalized spacial score (nSPS) is 23.8. The molecule has 30 heavy (non-hydrogen) atoms. The number of ether oxygens (including phenoxy) is 1. The SMILES string of the molecule is C[C@@H](NC(=O)CSc1ccccc1C(=O)OCC(=O)C(C)(C)C)[C@@H]1C[C@H]2CC[C@H]1C2. The van der Waals surface area contributed by atoms with Gasteiger partial charge >= 0.3 is 5.97 Å². The molecule has 0 spiro atoms. The summed E-state index contributed by atoms with van der Waals surface area (Å²) in [4.78, 5) is 37.7. The van der Waals surface area contributed by atoms with Crippen molar-refractivity contribution in [3.63, 3.8) is 0 Å². The lowest BCUT2D eigenvalue weighted by Gasteiger charge is -2.28. The maximum absolute atomic E-state index is 12.5. The molecular formula is C24H33NO4S. The second-order valence-corrected chi connectivity index (χ2v) is 10.7. The van der Waals surface area contributed by atoms with E-state index in [1.165, 1.54) is 37.4 Å². The molecule has 0 unspecified atom stereocenters. The minimum absolute atomic E-state index is 0.0126. The second kappa shape index (κ2) is 9.54. The van der Waals surface area contributed by atoms with Crippen LogP contribution in [0.4, 0.5) is 0 Å². The first-order valence-corrected chi connectivity index (χ1v) is 11.9. The number of carbonyl (C=O) groups is 3. The topological polar surface area (TPSA) is 72.5 Å². The Morgan fingerprint density at radius 3 is 2.53 bits per heavy atom. The van der Waals surface area contributed by atoms with E-state index < -0.39 is 11.4 Å². The molecule has 164 valence electrons. The fourth-order valence-electron chi connectivity index (χ4n) is 4.64. The summed E-state index contributed by atoms with van der Waals surface area (Å²) >= 11 is 1.33. The predicted molar refractivity (Wildman–Crippen MR) is 118 cm³/mol. The molecule has 1 aromatic carbocycles. The van der Waals surface area contributed by atoms with Crippen LogP contribution in [-0.4, -0.2) is 36.1 Å². The van der Waals surface area contributed by atoms with Crippen molar-refractivity contribution in [3.8, 4) is 0 Å². The van der Waals surface area contributed by atoms with E-state index >= 15 is 0 Å². The first-order chi connectivity index (χ1) is 14.1. The lowest BCUT2D eigenvalue weighted by molar-refractivity contribution is -0.129. The van der Waals surface area contributed by atoms with Crippen LogP contribution in [0.5, 0.6) is 0 Å². The zero-order chi connectivity index (χ0) is 21.9. The first-order valence-electron chi connectivity index (χ1n) is 10.9. The fourth-order valence-corrected chi connectivity index (χ4v) is 5.49. The Bertz CT molecular complexity index is 801. The Hall–Kier alpha value is -1.82. The summed E-state index contributed by atoms with van der Waals surface area (Å²) in [6.07, 6.45) is 5.22. The van der Waals surface area contributed by atoms with Gasteiger partial charge in [-0.2, -0.15) is 0 Å². The van der Waals surface area contributed by atoms with E-state index in [4.69, 9.17) is 4.74 Å². The Morgan fingerprint density at radius 1 is 1.17 bits per heavy atom. The molecular weight excluding hydrogens is 398 g/mol. The highest BCUT2D eigenvalue weighted by Crippen LogP contribution is 2.49. The summed E-state index contributed by atoms with van der Waals surface area (Å²) in [5, 5.41) is 3.16. The van der Waals surface area contributed by atoms with Crippen LogP contribution in [-0.2, 0) is 14.3 Å². The molecule has 2 aliphatic rings. The number of hydrogen-bond donors (Lipinski definition) is 1. The Morgan fingerprint density at radius 2 is 1.90 bits per heavy atom. The van der Waals surface area contributed by atoms with Crippen molar-refractivity contribution in [2.45, 2.75) is 64.3 Å². The monoisotopic (exact) mass is 431 g/mol. The predicted octanol–water partition coefficient (Wildman–Crippen LogP) is 4.49. The van der Waals surface area contributed by atoms with Gasteiger partial charge in [0.25, 0.3) is 0 Å². The average Bonchev–Trinajstić information content (AvgIpc) is 3.33. The standard InChI is InChI=1S/C24H33NO4S/c1-15(19-12-16-9-10-17(19)11-16)25-22(27)14-30-20-8-6-5-7-18(20)23(28)29-13-21(26)24(2,3)4/h5-8,15-17,19H,9-14H2,1-4H3,(H,25,27)/t15-,16+,17+,19+/m1/s1. The molecule has 1 amide bonds. The van der Waals surface area contributed by atoms with Gasteiger partial charge in [0, 0.05) is 16.4 Å². The van der Waals surface area contributed by atoms with Crippen LogP contribution in [0.15, 0.2) is 29.2 Å². The number of rotatable bonds is 8. The van der Waals surface area contributed by atoms with Crippen LogP contribution in [0.2, 0.25) is 0 Å². The summed E-state index contributed by atoms with van der Waals surface area (Å²) in [5.74, 6) is 1.79. The molecule has 2 fully saturated rings. The van der Waals surface area contributed by atoms with Crippen LogP contribution < -0.4 is 5.32 Å². The molecule has 2 bridgehead atoms. The van der Waals surface area contributed by atoms with Gasteiger partial charge in [-0.3, -0.25) is 9.59 Å². The number of nitrogens with one attached hydrogen (secondary N) is 1. The maximum atomic E-state index is 12.5. The van der Waals surface area contributed by atoms with Crippen molar-refractivity contribution in [1.29, 1.82) is 0 Å². The summed E-state index contributed by atoms with van der Waals surface area (Å²) in [6.45, 7) is 7.25. The van der Waals surface area contributed by atoms with E-state index in [0.717, 1.165) is 11.8 Å².